The molecular formula is C12H10N2O3. The lowest BCUT2D eigenvalue weighted by molar-refractivity contribution is -0.139. The van der Waals surface area contributed by atoms with Crippen molar-refractivity contribution in [2.45, 2.75) is 0 Å². The van der Waals surface area contributed by atoms with Crippen molar-refractivity contribution in [1.82, 2.24) is 0 Å². The zero-order valence-electron chi connectivity index (χ0n) is 9.16. The number of carbonyl (C=O) groups is 2. The van der Waals surface area contributed by atoms with Crippen molar-refractivity contribution in [1.29, 1.82) is 0 Å². The lowest BCUT2D eigenvalue weighted by Gasteiger charge is -1.91. The van der Waals surface area contributed by atoms with Gasteiger partial charge in [0.25, 0.3) is 5.78 Å². The highest BCUT2D eigenvalue weighted by Crippen LogP contribution is 2.01. The molecule has 0 saturated carbocycles. The number of hydrogen-bond acceptors (Lipinski definition) is 3. The van der Waals surface area contributed by atoms with Crippen molar-refractivity contribution in [3.63, 3.8) is 0 Å². The Morgan fingerprint density at radius 2 is 1.94 bits per heavy atom. The van der Waals surface area contributed by atoms with Crippen molar-refractivity contribution >= 4 is 23.5 Å². The van der Waals surface area contributed by atoms with Crippen LogP contribution in [0.1, 0.15) is 5.56 Å². The van der Waals surface area contributed by atoms with E-state index in [1.807, 2.05) is 18.2 Å². The molecule has 0 radical (unpaired) electrons. The van der Waals surface area contributed by atoms with Crippen LogP contribution in [-0.2, 0) is 14.3 Å². The molecule has 0 aromatic heterocycles. The molecule has 86 valence electrons. The Hall–Kier alpha value is -2.52. The Morgan fingerprint density at radius 1 is 1.29 bits per heavy atom. The number of ketones is 1. The number of allylic oxidation sites excluding steroid dienone is 1. The van der Waals surface area contributed by atoms with Crippen LogP contribution in [0.4, 0.5) is 0 Å². The van der Waals surface area contributed by atoms with Crippen molar-refractivity contribution in [3.8, 4) is 0 Å². The van der Waals surface area contributed by atoms with Gasteiger partial charge in [-0.1, -0.05) is 36.4 Å². The fraction of sp³-hybridized carbons (Fsp3) is 0.0833. The summed E-state index contributed by atoms with van der Waals surface area (Å²) in [5.74, 6) is -1.70. The van der Waals surface area contributed by atoms with Crippen LogP contribution in [0.3, 0.4) is 0 Å². The van der Waals surface area contributed by atoms with Crippen molar-refractivity contribution in [3.05, 3.63) is 47.5 Å². The predicted octanol–water partition coefficient (Wildman–Crippen LogP) is 1.11. The van der Waals surface area contributed by atoms with Crippen LogP contribution in [0.2, 0.25) is 0 Å². The van der Waals surface area contributed by atoms with E-state index < -0.39 is 17.5 Å². The van der Waals surface area contributed by atoms with Crippen LogP contribution < -0.4 is 0 Å². The Balaban J connectivity index is 2.83. The minimum Gasteiger partial charge on any atom is -0.460 e. The van der Waals surface area contributed by atoms with Gasteiger partial charge in [0.15, 0.2) is 0 Å². The highest BCUT2D eigenvalue weighted by molar-refractivity contribution is 6.64. The number of esters is 1. The molecule has 0 heterocycles. The van der Waals surface area contributed by atoms with Gasteiger partial charge in [0.05, 0.1) is 7.11 Å². The smallest absolute Gasteiger partial charge is 0.445 e. The quantitative estimate of drug-likeness (QED) is 0.194. The van der Waals surface area contributed by atoms with E-state index in [0.717, 1.165) is 18.7 Å². The first-order chi connectivity index (χ1) is 8.19. The minimum absolute atomic E-state index is 0.653. The molecule has 0 atom stereocenters. The lowest BCUT2D eigenvalue weighted by atomic mass is 10.1. The van der Waals surface area contributed by atoms with Gasteiger partial charge in [-0.3, -0.25) is 4.79 Å². The number of nitrogens with zero attached hydrogens (tertiary/aromatic N) is 2. The van der Waals surface area contributed by atoms with Crippen LogP contribution in [0.5, 0.6) is 0 Å². The van der Waals surface area contributed by atoms with Gasteiger partial charge in [-0.2, -0.15) is 4.79 Å². The molecule has 0 aliphatic heterocycles. The molecule has 17 heavy (non-hydrogen) atoms. The summed E-state index contributed by atoms with van der Waals surface area (Å²) in [6.07, 6.45) is 2.65. The summed E-state index contributed by atoms with van der Waals surface area (Å²) in [5.41, 5.74) is 8.67. The molecule has 5 heteroatoms. The van der Waals surface area contributed by atoms with Crippen molar-refractivity contribution < 1.29 is 19.1 Å². The third-order valence-electron chi connectivity index (χ3n) is 1.94. The summed E-state index contributed by atoms with van der Waals surface area (Å²) in [6, 6.07) is 9.04. The van der Waals surface area contributed by atoms with E-state index in [9.17, 15) is 9.59 Å². The molecule has 0 amide bonds. The van der Waals surface area contributed by atoms with E-state index >= 15 is 0 Å². The number of methoxy groups -OCH3 is 1. The first kappa shape index (κ1) is 12.5. The summed E-state index contributed by atoms with van der Waals surface area (Å²) in [7, 11) is 1.10. The minimum atomic E-state index is -0.977. The van der Waals surface area contributed by atoms with Crippen molar-refractivity contribution in [2.24, 2.45) is 0 Å². The molecule has 0 saturated heterocycles. The Bertz CT molecular complexity index is 500. The lowest BCUT2D eigenvalue weighted by Crippen LogP contribution is -2.24. The highest BCUT2D eigenvalue weighted by atomic mass is 16.5. The van der Waals surface area contributed by atoms with Gasteiger partial charge in [0, 0.05) is 0 Å². The average molecular weight is 230 g/mol. The molecule has 1 aromatic carbocycles. The maximum atomic E-state index is 11.5. The van der Waals surface area contributed by atoms with Crippen LogP contribution in [-0.4, -0.2) is 29.4 Å². The van der Waals surface area contributed by atoms with Gasteiger partial charge in [-0.05, 0) is 11.6 Å². The zero-order valence-corrected chi connectivity index (χ0v) is 9.16. The zero-order chi connectivity index (χ0) is 12.7. The summed E-state index contributed by atoms with van der Waals surface area (Å²) < 4.78 is 4.29. The average Bonchev–Trinajstić information content (AvgIpc) is 2.38. The summed E-state index contributed by atoms with van der Waals surface area (Å²) >= 11 is 0. The van der Waals surface area contributed by atoms with Gasteiger partial charge in [-0.15, -0.1) is 0 Å². The van der Waals surface area contributed by atoms with Gasteiger partial charge in [0.1, 0.15) is 0 Å². The molecule has 5 nitrogen and oxygen atoms in total. The third kappa shape index (κ3) is 3.52. The Kier molecular flexibility index (Phi) is 4.54. The number of carbonyl (C=O) groups excluding carboxylic acids is 2. The molecule has 0 spiro atoms. The SMILES string of the molecule is COC(=O)C(=[N+]=[N-])C(=O)C=Cc1ccccc1. The molecule has 0 fully saturated rings. The van der Waals surface area contributed by atoms with Crippen LogP contribution in [0.25, 0.3) is 11.6 Å². The van der Waals surface area contributed by atoms with Gasteiger partial charge >= 0.3 is 11.7 Å². The maximum absolute atomic E-state index is 11.5. The van der Waals surface area contributed by atoms with Gasteiger partial charge in [-0.25, -0.2) is 4.79 Å². The predicted molar refractivity (Wildman–Crippen MR) is 61.1 cm³/mol. The monoisotopic (exact) mass is 230 g/mol. The fourth-order valence-electron chi connectivity index (χ4n) is 1.10. The fourth-order valence-corrected chi connectivity index (χ4v) is 1.10. The standard InChI is InChI=1S/C12H10N2O3/c1-17-12(16)11(14-13)10(15)8-7-9-5-3-2-4-6-9/h2-8H,1H3. The molecular weight excluding hydrogens is 220 g/mol. The summed E-state index contributed by atoms with van der Waals surface area (Å²) in [5, 5.41) is 0. The van der Waals surface area contributed by atoms with Crippen LogP contribution in [0, 0.1) is 0 Å². The van der Waals surface area contributed by atoms with E-state index in [-0.39, 0.29) is 0 Å². The van der Waals surface area contributed by atoms with Crippen LogP contribution >= 0.6 is 0 Å². The van der Waals surface area contributed by atoms with Crippen molar-refractivity contribution in [2.75, 3.05) is 7.11 Å². The first-order valence-corrected chi connectivity index (χ1v) is 4.77. The number of hydrogen-bond donors (Lipinski definition) is 0. The second kappa shape index (κ2) is 6.15. The first-order valence-electron chi connectivity index (χ1n) is 4.77. The van der Waals surface area contributed by atoms with E-state index in [1.165, 1.54) is 6.08 Å². The van der Waals surface area contributed by atoms with E-state index in [0.29, 0.717) is 0 Å². The molecule has 0 aliphatic carbocycles. The maximum Gasteiger partial charge on any atom is 0.445 e. The molecule has 0 N–H and O–H groups in total. The Morgan fingerprint density at radius 3 is 2.47 bits per heavy atom. The number of rotatable bonds is 4. The topological polar surface area (TPSA) is 79.8 Å². The van der Waals surface area contributed by atoms with E-state index in [2.05, 4.69) is 9.53 Å². The van der Waals surface area contributed by atoms with Gasteiger partial charge < -0.3 is 10.3 Å². The van der Waals surface area contributed by atoms with E-state index in [4.69, 9.17) is 5.53 Å². The number of ether oxygens (including phenoxy) is 1. The third-order valence-corrected chi connectivity index (χ3v) is 1.94. The second-order valence-corrected chi connectivity index (χ2v) is 3.05. The normalized spacial score (nSPS) is 9.71. The largest absolute Gasteiger partial charge is 0.460 e. The Labute approximate surface area is 98.0 Å². The molecule has 0 unspecified atom stereocenters. The molecule has 0 bridgehead atoms. The molecule has 1 rings (SSSR count). The summed E-state index contributed by atoms with van der Waals surface area (Å²) in [6.45, 7) is 0. The van der Waals surface area contributed by atoms with Crippen LogP contribution in [0.15, 0.2) is 36.4 Å². The highest BCUT2D eigenvalue weighted by Gasteiger charge is 2.28. The summed E-state index contributed by atoms with van der Waals surface area (Å²) in [4.78, 5) is 25.1. The van der Waals surface area contributed by atoms with E-state index in [1.54, 1.807) is 12.1 Å². The number of benzene rings is 1. The second-order valence-electron chi connectivity index (χ2n) is 3.05. The van der Waals surface area contributed by atoms with Gasteiger partial charge in [0.2, 0.25) is 0 Å². The molecule has 1 aromatic rings. The molecule has 0 aliphatic rings.